The van der Waals surface area contributed by atoms with Gasteiger partial charge in [0.05, 0.1) is 25.7 Å². The summed E-state index contributed by atoms with van der Waals surface area (Å²) < 4.78 is 15.5. The highest BCUT2D eigenvalue weighted by Crippen LogP contribution is 2.34. The van der Waals surface area contributed by atoms with Crippen molar-refractivity contribution in [1.29, 1.82) is 0 Å². The lowest BCUT2D eigenvalue weighted by atomic mass is 10.1. The van der Waals surface area contributed by atoms with Crippen LogP contribution in [0.5, 0.6) is 11.5 Å². The van der Waals surface area contributed by atoms with E-state index in [9.17, 15) is 14.4 Å². The van der Waals surface area contributed by atoms with Crippen molar-refractivity contribution in [2.45, 2.75) is 13.8 Å². The van der Waals surface area contributed by atoms with E-state index in [-0.39, 0.29) is 4.91 Å². The maximum absolute atomic E-state index is 12.3. The Kier molecular flexibility index (Phi) is 6.68. The molecule has 0 aromatic heterocycles. The van der Waals surface area contributed by atoms with E-state index in [1.807, 2.05) is 13.8 Å². The second-order valence-corrected chi connectivity index (χ2v) is 6.95. The molecule has 0 spiro atoms. The predicted molar refractivity (Wildman–Crippen MR) is 98.0 cm³/mol. The van der Waals surface area contributed by atoms with E-state index in [0.29, 0.717) is 29.6 Å². The number of ether oxygens (including phenoxy) is 3. The van der Waals surface area contributed by atoms with E-state index in [0.717, 1.165) is 16.7 Å². The van der Waals surface area contributed by atoms with Crippen LogP contribution in [0.25, 0.3) is 6.08 Å². The van der Waals surface area contributed by atoms with Crippen LogP contribution in [0.15, 0.2) is 23.1 Å². The van der Waals surface area contributed by atoms with Crippen LogP contribution in [0.3, 0.4) is 0 Å². The summed E-state index contributed by atoms with van der Waals surface area (Å²) in [5.41, 5.74) is 0.683. The molecule has 1 heterocycles. The highest BCUT2D eigenvalue weighted by atomic mass is 32.2. The second kappa shape index (κ2) is 8.75. The van der Waals surface area contributed by atoms with Crippen molar-refractivity contribution < 1.29 is 28.6 Å². The van der Waals surface area contributed by atoms with Crippen LogP contribution in [-0.4, -0.2) is 49.4 Å². The summed E-state index contributed by atoms with van der Waals surface area (Å²) in [7, 11) is 2.73. The zero-order valence-corrected chi connectivity index (χ0v) is 15.9. The number of esters is 1. The molecule has 0 radical (unpaired) electrons. The van der Waals surface area contributed by atoms with Crippen molar-refractivity contribution in [1.82, 2.24) is 4.90 Å². The molecular formula is C18H21NO6S. The topological polar surface area (TPSA) is 82.1 Å². The van der Waals surface area contributed by atoms with Gasteiger partial charge in [-0.25, -0.2) is 0 Å². The van der Waals surface area contributed by atoms with Crippen LogP contribution < -0.4 is 9.47 Å². The third-order valence-corrected chi connectivity index (χ3v) is 4.35. The van der Waals surface area contributed by atoms with E-state index in [4.69, 9.17) is 9.47 Å². The lowest BCUT2D eigenvalue weighted by Gasteiger charge is -2.13. The summed E-state index contributed by atoms with van der Waals surface area (Å²) in [4.78, 5) is 36.7. The minimum atomic E-state index is -0.651. The molecule has 1 aromatic rings. The van der Waals surface area contributed by atoms with Gasteiger partial charge in [0.2, 0.25) is 0 Å². The smallest absolute Gasteiger partial charge is 0.325 e. The van der Waals surface area contributed by atoms with Crippen molar-refractivity contribution in [2.24, 2.45) is 5.92 Å². The monoisotopic (exact) mass is 379 g/mol. The SMILES string of the molecule is COC(=O)CN1C(=O)S/C(=C\c2ccc(OCC(C)C)c(OC)c2)C1=O. The number of carbonyl (C=O) groups excluding carboxylic acids is 3. The van der Waals surface area contributed by atoms with E-state index in [1.54, 1.807) is 24.3 Å². The molecule has 2 amide bonds. The van der Waals surface area contributed by atoms with Gasteiger partial charge in [-0.05, 0) is 41.5 Å². The number of hydrogen-bond donors (Lipinski definition) is 0. The summed E-state index contributed by atoms with van der Waals surface area (Å²) >= 11 is 0.780. The molecule has 0 aliphatic carbocycles. The van der Waals surface area contributed by atoms with Crippen molar-refractivity contribution in [2.75, 3.05) is 27.4 Å². The molecule has 0 N–H and O–H groups in total. The number of methoxy groups -OCH3 is 2. The first-order valence-electron chi connectivity index (χ1n) is 7.98. The number of rotatable bonds is 7. The first kappa shape index (κ1) is 19.8. The molecule has 0 bridgehead atoms. The Morgan fingerprint density at radius 1 is 1.23 bits per heavy atom. The summed E-state index contributed by atoms with van der Waals surface area (Å²) in [5.74, 6) is 0.345. The Balaban J connectivity index is 2.20. The molecule has 1 fully saturated rings. The van der Waals surface area contributed by atoms with Crippen LogP contribution in [0.2, 0.25) is 0 Å². The summed E-state index contributed by atoms with van der Waals surface area (Å²) in [6.07, 6.45) is 1.58. The molecule has 140 valence electrons. The number of imide groups is 1. The Morgan fingerprint density at radius 3 is 2.58 bits per heavy atom. The van der Waals surface area contributed by atoms with E-state index >= 15 is 0 Å². The van der Waals surface area contributed by atoms with Crippen LogP contribution >= 0.6 is 11.8 Å². The molecule has 1 aromatic carbocycles. The van der Waals surface area contributed by atoms with Gasteiger partial charge in [-0.3, -0.25) is 19.3 Å². The van der Waals surface area contributed by atoms with Gasteiger partial charge in [0.25, 0.3) is 11.1 Å². The first-order valence-corrected chi connectivity index (χ1v) is 8.80. The average Bonchev–Trinajstić information content (AvgIpc) is 2.87. The lowest BCUT2D eigenvalue weighted by molar-refractivity contribution is -0.143. The van der Waals surface area contributed by atoms with E-state index < -0.39 is 23.7 Å². The fourth-order valence-corrected chi connectivity index (χ4v) is 2.97. The van der Waals surface area contributed by atoms with Gasteiger partial charge >= 0.3 is 5.97 Å². The third-order valence-electron chi connectivity index (χ3n) is 3.45. The summed E-state index contributed by atoms with van der Waals surface area (Å²) in [6, 6.07) is 5.25. The minimum Gasteiger partial charge on any atom is -0.493 e. The van der Waals surface area contributed by atoms with Crippen LogP contribution in [0, 0.1) is 5.92 Å². The van der Waals surface area contributed by atoms with Gasteiger partial charge in [-0.1, -0.05) is 19.9 Å². The van der Waals surface area contributed by atoms with Crippen molar-refractivity contribution >= 4 is 35.0 Å². The highest BCUT2D eigenvalue weighted by molar-refractivity contribution is 8.18. The van der Waals surface area contributed by atoms with Crippen LogP contribution in [0.1, 0.15) is 19.4 Å². The highest BCUT2D eigenvalue weighted by Gasteiger charge is 2.36. The molecule has 1 aliphatic heterocycles. The number of thioether (sulfide) groups is 1. The number of carbonyl (C=O) groups is 3. The molecule has 26 heavy (non-hydrogen) atoms. The van der Waals surface area contributed by atoms with Crippen molar-refractivity contribution in [3.05, 3.63) is 28.7 Å². The maximum atomic E-state index is 12.3. The number of benzene rings is 1. The quantitative estimate of drug-likeness (QED) is 0.532. The molecule has 0 unspecified atom stereocenters. The average molecular weight is 379 g/mol. The number of nitrogens with zero attached hydrogens (tertiary/aromatic N) is 1. The first-order chi connectivity index (χ1) is 12.3. The number of amides is 2. The molecule has 0 atom stereocenters. The zero-order valence-electron chi connectivity index (χ0n) is 15.1. The summed E-state index contributed by atoms with van der Waals surface area (Å²) in [5, 5.41) is -0.504. The van der Waals surface area contributed by atoms with E-state index in [1.165, 1.54) is 14.2 Å². The predicted octanol–water partition coefficient (Wildman–Crippen LogP) is 2.94. The fourth-order valence-electron chi connectivity index (χ4n) is 2.13. The Bertz CT molecular complexity index is 743. The second-order valence-electron chi connectivity index (χ2n) is 5.96. The number of hydrogen-bond acceptors (Lipinski definition) is 7. The summed E-state index contributed by atoms with van der Waals surface area (Å²) in [6.45, 7) is 4.25. The van der Waals surface area contributed by atoms with Crippen molar-refractivity contribution in [3.63, 3.8) is 0 Å². The molecule has 0 saturated carbocycles. The largest absolute Gasteiger partial charge is 0.493 e. The molecule has 2 rings (SSSR count). The van der Waals surface area contributed by atoms with Gasteiger partial charge in [0.1, 0.15) is 6.54 Å². The fraction of sp³-hybridized carbons (Fsp3) is 0.389. The van der Waals surface area contributed by atoms with Gasteiger partial charge in [0, 0.05) is 0 Å². The minimum absolute atomic E-state index is 0.233. The Morgan fingerprint density at radius 2 is 1.96 bits per heavy atom. The van der Waals surface area contributed by atoms with Gasteiger partial charge in [0.15, 0.2) is 11.5 Å². The molecule has 1 aliphatic rings. The van der Waals surface area contributed by atoms with Gasteiger partial charge < -0.3 is 14.2 Å². The van der Waals surface area contributed by atoms with Crippen LogP contribution in [-0.2, 0) is 14.3 Å². The molecular weight excluding hydrogens is 358 g/mol. The molecule has 8 heteroatoms. The standard InChI is InChI=1S/C18H21NO6S/c1-11(2)10-25-13-6-5-12(7-14(13)23-3)8-15-17(21)19(18(22)26-15)9-16(20)24-4/h5-8,11H,9-10H2,1-4H3/b15-8-. The normalized spacial score (nSPS) is 15.7. The van der Waals surface area contributed by atoms with Crippen LogP contribution in [0.4, 0.5) is 4.79 Å². The molecule has 7 nitrogen and oxygen atoms in total. The lowest BCUT2D eigenvalue weighted by Crippen LogP contribution is -2.34. The maximum Gasteiger partial charge on any atom is 0.325 e. The Labute approximate surface area is 156 Å². The third kappa shape index (κ3) is 4.78. The van der Waals surface area contributed by atoms with Gasteiger partial charge in [-0.15, -0.1) is 0 Å². The van der Waals surface area contributed by atoms with Gasteiger partial charge in [-0.2, -0.15) is 0 Å². The van der Waals surface area contributed by atoms with Crippen molar-refractivity contribution in [3.8, 4) is 11.5 Å². The zero-order chi connectivity index (χ0) is 19.3. The molecule has 1 saturated heterocycles. The Hall–Kier alpha value is -2.48. The van der Waals surface area contributed by atoms with E-state index in [2.05, 4.69) is 4.74 Å².